The SMILES string of the molecule is CCCCOCCC(=O)NN. The van der Waals surface area contributed by atoms with Crippen LogP contribution in [0.1, 0.15) is 26.2 Å². The van der Waals surface area contributed by atoms with E-state index in [4.69, 9.17) is 10.6 Å². The van der Waals surface area contributed by atoms with Crippen molar-refractivity contribution in [3.8, 4) is 0 Å². The minimum Gasteiger partial charge on any atom is -0.381 e. The Morgan fingerprint density at radius 3 is 2.82 bits per heavy atom. The predicted octanol–water partition coefficient (Wildman–Crippen LogP) is 0.183. The summed E-state index contributed by atoms with van der Waals surface area (Å²) in [5.41, 5.74) is 2.04. The fraction of sp³-hybridized carbons (Fsp3) is 0.857. The summed E-state index contributed by atoms with van der Waals surface area (Å²) in [6.45, 7) is 3.29. The van der Waals surface area contributed by atoms with Crippen molar-refractivity contribution in [2.45, 2.75) is 26.2 Å². The molecule has 0 heterocycles. The third-order valence-corrected chi connectivity index (χ3v) is 1.28. The van der Waals surface area contributed by atoms with E-state index < -0.39 is 0 Å². The molecule has 0 aliphatic carbocycles. The van der Waals surface area contributed by atoms with E-state index in [0.29, 0.717) is 13.0 Å². The molecular formula is C7H16N2O2. The van der Waals surface area contributed by atoms with Crippen molar-refractivity contribution in [3.05, 3.63) is 0 Å². The van der Waals surface area contributed by atoms with Gasteiger partial charge in [-0.05, 0) is 6.42 Å². The van der Waals surface area contributed by atoms with Crippen LogP contribution in [0.4, 0.5) is 0 Å². The number of hydrazine groups is 1. The number of rotatable bonds is 6. The van der Waals surface area contributed by atoms with Crippen molar-refractivity contribution in [3.63, 3.8) is 0 Å². The lowest BCUT2D eigenvalue weighted by molar-refractivity contribution is -0.122. The van der Waals surface area contributed by atoms with Gasteiger partial charge < -0.3 is 4.74 Å². The quantitative estimate of drug-likeness (QED) is 0.252. The average molecular weight is 160 g/mol. The Morgan fingerprint density at radius 1 is 1.55 bits per heavy atom. The van der Waals surface area contributed by atoms with Gasteiger partial charge in [-0.1, -0.05) is 13.3 Å². The first-order chi connectivity index (χ1) is 5.31. The standard InChI is InChI=1S/C7H16N2O2/c1-2-3-5-11-6-4-7(10)9-8/h2-6,8H2,1H3,(H,9,10). The highest BCUT2D eigenvalue weighted by Gasteiger charge is 1.96. The third kappa shape index (κ3) is 7.29. The normalized spacial score (nSPS) is 9.64. The molecule has 0 aliphatic rings. The number of unbranched alkanes of at least 4 members (excludes halogenated alkanes) is 1. The Balaban J connectivity index is 2.95. The molecule has 0 atom stereocenters. The van der Waals surface area contributed by atoms with E-state index in [2.05, 4.69) is 6.92 Å². The molecule has 0 rings (SSSR count). The summed E-state index contributed by atoms with van der Waals surface area (Å²) < 4.78 is 5.13. The molecule has 0 radical (unpaired) electrons. The van der Waals surface area contributed by atoms with E-state index in [1.165, 1.54) is 0 Å². The molecular weight excluding hydrogens is 144 g/mol. The average Bonchev–Trinajstić information content (AvgIpc) is 2.04. The molecule has 0 spiro atoms. The molecule has 0 unspecified atom stereocenters. The first-order valence-corrected chi connectivity index (χ1v) is 3.88. The smallest absolute Gasteiger partial charge is 0.236 e. The van der Waals surface area contributed by atoms with Gasteiger partial charge in [0.25, 0.3) is 0 Å². The second kappa shape index (κ2) is 7.50. The van der Waals surface area contributed by atoms with E-state index in [-0.39, 0.29) is 5.91 Å². The van der Waals surface area contributed by atoms with Crippen molar-refractivity contribution >= 4 is 5.91 Å². The zero-order chi connectivity index (χ0) is 8.53. The molecule has 0 aromatic heterocycles. The van der Waals surface area contributed by atoms with Crippen LogP contribution in [0.5, 0.6) is 0 Å². The highest BCUT2D eigenvalue weighted by Crippen LogP contribution is 1.89. The molecule has 0 fully saturated rings. The molecule has 4 nitrogen and oxygen atoms in total. The van der Waals surface area contributed by atoms with Crippen molar-refractivity contribution in [2.75, 3.05) is 13.2 Å². The van der Waals surface area contributed by atoms with Gasteiger partial charge in [-0.15, -0.1) is 0 Å². The first-order valence-electron chi connectivity index (χ1n) is 3.88. The fourth-order valence-corrected chi connectivity index (χ4v) is 0.585. The minimum absolute atomic E-state index is 0.179. The summed E-state index contributed by atoms with van der Waals surface area (Å²) in [5, 5.41) is 0. The van der Waals surface area contributed by atoms with Gasteiger partial charge in [-0.3, -0.25) is 10.2 Å². The zero-order valence-corrected chi connectivity index (χ0v) is 6.93. The van der Waals surface area contributed by atoms with Gasteiger partial charge in [-0.2, -0.15) is 0 Å². The lowest BCUT2D eigenvalue weighted by atomic mass is 10.4. The molecule has 4 heteroatoms. The number of amides is 1. The molecule has 0 bridgehead atoms. The largest absolute Gasteiger partial charge is 0.381 e. The molecule has 66 valence electrons. The molecule has 1 amide bonds. The second-order valence-electron chi connectivity index (χ2n) is 2.28. The molecule has 0 aromatic rings. The maximum Gasteiger partial charge on any atom is 0.236 e. The Kier molecular flexibility index (Phi) is 7.08. The van der Waals surface area contributed by atoms with E-state index >= 15 is 0 Å². The number of carbonyl (C=O) groups excluding carboxylic acids is 1. The number of nitrogens with one attached hydrogen (secondary N) is 1. The fourth-order valence-electron chi connectivity index (χ4n) is 0.585. The predicted molar refractivity (Wildman–Crippen MR) is 42.7 cm³/mol. The van der Waals surface area contributed by atoms with E-state index in [0.717, 1.165) is 19.4 Å². The molecule has 11 heavy (non-hydrogen) atoms. The van der Waals surface area contributed by atoms with Crippen molar-refractivity contribution in [1.29, 1.82) is 0 Å². The lowest BCUT2D eigenvalue weighted by Crippen LogP contribution is -2.30. The van der Waals surface area contributed by atoms with Crippen molar-refractivity contribution in [2.24, 2.45) is 5.84 Å². The molecule has 0 aromatic carbocycles. The molecule has 0 saturated heterocycles. The second-order valence-corrected chi connectivity index (χ2v) is 2.28. The van der Waals surface area contributed by atoms with Crippen LogP contribution in [0.25, 0.3) is 0 Å². The number of hydrogen-bond donors (Lipinski definition) is 2. The maximum atomic E-state index is 10.5. The monoisotopic (exact) mass is 160 g/mol. The van der Waals surface area contributed by atoms with Crippen LogP contribution in [0.2, 0.25) is 0 Å². The van der Waals surface area contributed by atoms with Gasteiger partial charge >= 0.3 is 0 Å². The number of carbonyl (C=O) groups is 1. The first kappa shape index (κ1) is 10.4. The van der Waals surface area contributed by atoms with Crippen molar-refractivity contribution < 1.29 is 9.53 Å². The third-order valence-electron chi connectivity index (χ3n) is 1.28. The van der Waals surface area contributed by atoms with Gasteiger partial charge in [0.1, 0.15) is 0 Å². The zero-order valence-electron chi connectivity index (χ0n) is 6.93. The topological polar surface area (TPSA) is 64.3 Å². The number of hydrogen-bond acceptors (Lipinski definition) is 3. The van der Waals surface area contributed by atoms with E-state index in [1.54, 1.807) is 0 Å². The Bertz CT molecular complexity index is 107. The van der Waals surface area contributed by atoms with E-state index in [9.17, 15) is 4.79 Å². The van der Waals surface area contributed by atoms with Gasteiger partial charge in [0, 0.05) is 6.61 Å². The summed E-state index contributed by atoms with van der Waals surface area (Å²) in [6, 6.07) is 0. The highest BCUT2D eigenvalue weighted by molar-refractivity contribution is 5.75. The van der Waals surface area contributed by atoms with Crippen LogP contribution in [-0.2, 0) is 9.53 Å². The Morgan fingerprint density at radius 2 is 2.27 bits per heavy atom. The van der Waals surface area contributed by atoms with Gasteiger partial charge in [0.05, 0.1) is 13.0 Å². The van der Waals surface area contributed by atoms with Gasteiger partial charge in [0.2, 0.25) is 5.91 Å². The Labute approximate surface area is 67.1 Å². The van der Waals surface area contributed by atoms with Crippen molar-refractivity contribution in [1.82, 2.24) is 5.43 Å². The summed E-state index contributed by atoms with van der Waals surface area (Å²) in [4.78, 5) is 10.5. The highest BCUT2D eigenvalue weighted by atomic mass is 16.5. The summed E-state index contributed by atoms with van der Waals surface area (Å²) in [5.74, 6) is 4.68. The minimum atomic E-state index is -0.179. The number of nitrogens with two attached hydrogens (primary N) is 1. The van der Waals surface area contributed by atoms with Crippen LogP contribution in [0, 0.1) is 0 Å². The van der Waals surface area contributed by atoms with Gasteiger partial charge in [0.15, 0.2) is 0 Å². The van der Waals surface area contributed by atoms with Crippen LogP contribution in [0.3, 0.4) is 0 Å². The number of ether oxygens (including phenoxy) is 1. The van der Waals surface area contributed by atoms with Crippen LogP contribution < -0.4 is 11.3 Å². The molecule has 3 N–H and O–H groups in total. The molecule has 0 aliphatic heterocycles. The summed E-state index contributed by atoms with van der Waals surface area (Å²) >= 11 is 0. The van der Waals surface area contributed by atoms with Gasteiger partial charge in [-0.25, -0.2) is 5.84 Å². The summed E-state index contributed by atoms with van der Waals surface area (Å²) in [6.07, 6.45) is 2.51. The van der Waals surface area contributed by atoms with Crippen LogP contribution >= 0.6 is 0 Å². The van der Waals surface area contributed by atoms with E-state index in [1.807, 2.05) is 5.43 Å². The molecule has 0 saturated carbocycles. The van der Waals surface area contributed by atoms with Crippen LogP contribution in [-0.4, -0.2) is 19.1 Å². The maximum absolute atomic E-state index is 10.5. The lowest BCUT2D eigenvalue weighted by Gasteiger charge is -2.01. The summed E-state index contributed by atoms with van der Waals surface area (Å²) in [7, 11) is 0. The Hall–Kier alpha value is -0.610. The van der Waals surface area contributed by atoms with Crippen LogP contribution in [0.15, 0.2) is 0 Å².